The second-order valence-corrected chi connectivity index (χ2v) is 29.2. The molecule has 0 saturated carbocycles. The molecule has 3 heterocycles. The first kappa shape index (κ1) is 92.7. The Kier molecular flexibility index (Phi) is 57.4. The van der Waals surface area contributed by atoms with Gasteiger partial charge in [0.1, 0.15) is 73.2 Å². The lowest BCUT2D eigenvalue weighted by Crippen LogP contribution is -2.66. The number of rotatable bonds is 65. The smallest absolute Gasteiger partial charge is 0.220 e. The van der Waals surface area contributed by atoms with E-state index in [2.05, 4.69) is 67.8 Å². The van der Waals surface area contributed by atoms with E-state index in [9.17, 15) is 61.0 Å². The van der Waals surface area contributed by atoms with E-state index in [0.717, 1.165) is 51.4 Å². The van der Waals surface area contributed by atoms with E-state index in [4.69, 9.17) is 28.4 Å². The van der Waals surface area contributed by atoms with Gasteiger partial charge in [0, 0.05) is 6.42 Å². The number of unbranched alkanes of at least 4 members (excludes halogenated alkanes) is 41. The minimum absolute atomic E-state index is 0.238. The molecule has 0 aromatic carbocycles. The fourth-order valence-electron chi connectivity index (χ4n) is 13.7. The number of allylic oxidation sites excluding steroid dienone is 9. The molecule has 17 unspecified atom stereocenters. The van der Waals surface area contributed by atoms with E-state index >= 15 is 0 Å². The molecule has 3 aliphatic rings. The molecule has 0 aromatic heterocycles. The third-order valence-electron chi connectivity index (χ3n) is 20.3. The lowest BCUT2D eigenvalue weighted by molar-refractivity contribution is -0.379. The van der Waals surface area contributed by atoms with Crippen LogP contribution < -0.4 is 5.32 Å². The summed E-state index contributed by atoms with van der Waals surface area (Å²) < 4.78 is 34.4. The minimum Gasteiger partial charge on any atom is -0.394 e. The van der Waals surface area contributed by atoms with Crippen LogP contribution in [0.3, 0.4) is 0 Å². The van der Waals surface area contributed by atoms with Gasteiger partial charge < -0.3 is 89.9 Å². The lowest BCUT2D eigenvalue weighted by Gasteiger charge is -2.48. The van der Waals surface area contributed by atoms with Crippen LogP contribution in [-0.4, -0.2) is 193 Å². The zero-order valence-electron chi connectivity index (χ0n) is 63.1. The van der Waals surface area contributed by atoms with Crippen LogP contribution in [0.4, 0.5) is 0 Å². The van der Waals surface area contributed by atoms with Gasteiger partial charge in [0.25, 0.3) is 0 Å². The van der Waals surface area contributed by atoms with Crippen LogP contribution in [0.2, 0.25) is 0 Å². The highest BCUT2D eigenvalue weighted by molar-refractivity contribution is 5.76. The van der Waals surface area contributed by atoms with E-state index in [-0.39, 0.29) is 18.9 Å². The molecule has 101 heavy (non-hydrogen) atoms. The molecule has 0 aliphatic carbocycles. The van der Waals surface area contributed by atoms with Crippen molar-refractivity contribution in [3.63, 3.8) is 0 Å². The number of hydrogen-bond acceptors (Lipinski definition) is 18. The van der Waals surface area contributed by atoms with Gasteiger partial charge in [-0.15, -0.1) is 0 Å². The summed E-state index contributed by atoms with van der Waals surface area (Å²) in [6.45, 7) is 1.73. The normalized spacial score (nSPS) is 26.6. The largest absolute Gasteiger partial charge is 0.394 e. The number of ether oxygens (including phenoxy) is 6. The van der Waals surface area contributed by atoms with E-state index < -0.39 is 124 Å². The summed E-state index contributed by atoms with van der Waals surface area (Å²) in [6.07, 6.45) is 53.8. The second kappa shape index (κ2) is 62.5. The Balaban J connectivity index is 1.31. The lowest BCUT2D eigenvalue weighted by atomic mass is 9.96. The summed E-state index contributed by atoms with van der Waals surface area (Å²) >= 11 is 0. The minimum atomic E-state index is -1.98. The molecular weight excluding hydrogens is 1290 g/mol. The van der Waals surface area contributed by atoms with E-state index in [1.54, 1.807) is 6.08 Å². The van der Waals surface area contributed by atoms with Crippen molar-refractivity contribution in [3.05, 3.63) is 60.8 Å². The predicted octanol–water partition coefficient (Wildman–Crippen LogP) is 13.8. The molecule has 1 amide bonds. The number of amides is 1. The Bertz CT molecular complexity index is 2060. The van der Waals surface area contributed by atoms with Gasteiger partial charge in [0.05, 0.1) is 38.6 Å². The molecule has 17 atom stereocenters. The maximum atomic E-state index is 13.5. The number of aliphatic hydroxyl groups is 11. The highest BCUT2D eigenvalue weighted by Gasteiger charge is 2.54. The quantitative estimate of drug-likeness (QED) is 0.0199. The number of carbonyl (C=O) groups is 1. The fourth-order valence-corrected chi connectivity index (χ4v) is 13.7. The van der Waals surface area contributed by atoms with Crippen molar-refractivity contribution >= 4 is 5.91 Å². The van der Waals surface area contributed by atoms with Crippen LogP contribution in [0.15, 0.2) is 60.8 Å². The molecule has 3 saturated heterocycles. The van der Waals surface area contributed by atoms with Gasteiger partial charge in [-0.1, -0.05) is 306 Å². The van der Waals surface area contributed by atoms with Gasteiger partial charge in [-0.3, -0.25) is 4.79 Å². The van der Waals surface area contributed by atoms with Gasteiger partial charge in [-0.05, 0) is 70.6 Å². The number of hydrogen-bond donors (Lipinski definition) is 12. The molecule has 12 N–H and O–H groups in total. The van der Waals surface area contributed by atoms with Crippen LogP contribution in [0.5, 0.6) is 0 Å². The molecule has 3 aliphatic heterocycles. The first-order chi connectivity index (χ1) is 49.3. The molecule has 19 heteroatoms. The number of aliphatic hydroxyl groups excluding tert-OH is 11. The molecule has 0 spiro atoms. The first-order valence-corrected chi connectivity index (χ1v) is 41.0. The van der Waals surface area contributed by atoms with Crippen molar-refractivity contribution in [2.45, 2.75) is 426 Å². The Morgan fingerprint density at radius 1 is 0.356 bits per heavy atom. The SMILES string of the molecule is CCCCCCC/C=C\C/C=C\C/C=C\CCCCCCCCCCCCCCCCCCCCCCCCCCC(=O)NC(COC1OC(CO)C(OC2OC(CO)C(OC3OC(CO)C(O)C(O)C3O)C(O)C2O)C(O)C1O)C(O)/C=C/CC/C=C/CCCCCCCCCCCCC. The summed E-state index contributed by atoms with van der Waals surface area (Å²) in [5.41, 5.74) is 0. The molecule has 19 nitrogen and oxygen atoms in total. The number of carbonyl (C=O) groups excluding carboxylic acids is 1. The van der Waals surface area contributed by atoms with Crippen LogP contribution in [0, 0.1) is 0 Å². The number of nitrogens with one attached hydrogen (secondary N) is 1. The van der Waals surface area contributed by atoms with Gasteiger partial charge in [0.15, 0.2) is 18.9 Å². The van der Waals surface area contributed by atoms with Gasteiger partial charge in [-0.2, -0.15) is 0 Å². The Morgan fingerprint density at radius 3 is 1.06 bits per heavy atom. The van der Waals surface area contributed by atoms with Crippen LogP contribution in [-0.2, 0) is 33.2 Å². The Labute approximate surface area is 611 Å². The summed E-state index contributed by atoms with van der Waals surface area (Å²) in [7, 11) is 0. The van der Waals surface area contributed by atoms with Crippen molar-refractivity contribution < 1.29 is 89.4 Å². The molecule has 3 fully saturated rings. The molecule has 590 valence electrons. The standard InChI is InChI=1S/C82H149NO18/c1-3-5-7-9-11-13-15-17-19-21-22-23-24-25-26-27-28-29-30-31-32-33-34-35-36-37-38-39-40-41-42-44-46-48-50-52-54-56-58-60-70(88)83-65(66(87)59-57-55-53-51-49-47-45-43-20-18-16-14-12-10-8-6-4-2)64-96-80-76(94)73(91)78(68(62-85)98-80)101-82-77(95)74(92)79(69(63-86)99-82)100-81-75(93)72(90)71(89)67(61-84)97-81/h15,17,21-22,24-25,49,51,57,59,65-69,71-82,84-87,89-95H,3-14,16,18-20,23,26-48,50,52-56,58,60-64H2,1-2H3,(H,83,88)/b17-15-,22-21-,25-24-,51-49+,59-57+. The molecule has 0 aromatic rings. The van der Waals surface area contributed by atoms with E-state index in [1.165, 1.54) is 238 Å². The van der Waals surface area contributed by atoms with Gasteiger partial charge >= 0.3 is 0 Å². The van der Waals surface area contributed by atoms with Crippen LogP contribution in [0.25, 0.3) is 0 Å². The summed E-state index contributed by atoms with van der Waals surface area (Å²) in [6, 6.07) is -0.990. The average Bonchev–Trinajstić information content (AvgIpc) is 0.792. The van der Waals surface area contributed by atoms with Crippen LogP contribution in [0.1, 0.15) is 322 Å². The zero-order chi connectivity index (χ0) is 73.2. The topological polar surface area (TPSA) is 307 Å². The molecule has 0 bridgehead atoms. The van der Waals surface area contributed by atoms with Crippen molar-refractivity contribution in [1.82, 2.24) is 5.32 Å². The Morgan fingerprint density at radius 2 is 0.663 bits per heavy atom. The average molecular weight is 1440 g/mol. The highest BCUT2D eigenvalue weighted by atomic mass is 16.8. The van der Waals surface area contributed by atoms with E-state index in [1.807, 2.05) is 6.08 Å². The first-order valence-electron chi connectivity index (χ1n) is 41.0. The van der Waals surface area contributed by atoms with E-state index in [0.29, 0.717) is 12.8 Å². The van der Waals surface area contributed by atoms with Crippen molar-refractivity contribution in [2.75, 3.05) is 26.4 Å². The van der Waals surface area contributed by atoms with Crippen molar-refractivity contribution in [2.24, 2.45) is 0 Å². The summed E-state index contributed by atoms with van der Waals surface area (Å²) in [5, 5.41) is 121. The fraction of sp³-hybridized carbons (Fsp3) is 0.866. The summed E-state index contributed by atoms with van der Waals surface area (Å²) in [4.78, 5) is 13.5. The maximum Gasteiger partial charge on any atom is 0.220 e. The Hall–Kier alpha value is -2.51. The van der Waals surface area contributed by atoms with Crippen molar-refractivity contribution in [3.8, 4) is 0 Å². The molecule has 3 rings (SSSR count). The third kappa shape index (κ3) is 42.6. The predicted molar refractivity (Wildman–Crippen MR) is 402 cm³/mol. The third-order valence-corrected chi connectivity index (χ3v) is 20.3. The molecule has 0 radical (unpaired) electrons. The highest BCUT2D eigenvalue weighted by Crippen LogP contribution is 2.33. The van der Waals surface area contributed by atoms with Crippen molar-refractivity contribution in [1.29, 1.82) is 0 Å². The van der Waals surface area contributed by atoms with Gasteiger partial charge in [0.2, 0.25) is 5.91 Å². The zero-order valence-corrected chi connectivity index (χ0v) is 63.1. The maximum absolute atomic E-state index is 13.5. The molecular formula is C82H149NO18. The second-order valence-electron chi connectivity index (χ2n) is 29.2. The van der Waals surface area contributed by atoms with Gasteiger partial charge in [-0.25, -0.2) is 0 Å². The summed E-state index contributed by atoms with van der Waals surface area (Å²) in [5.74, 6) is -0.281. The van der Waals surface area contributed by atoms with Crippen LogP contribution >= 0.6 is 0 Å². The monoisotopic (exact) mass is 1440 g/mol.